The van der Waals surface area contributed by atoms with Crippen LogP contribution in [0.4, 0.5) is 0 Å². The molecule has 1 aromatic rings. The molecule has 4 nitrogen and oxygen atoms in total. The highest BCUT2D eigenvalue weighted by Gasteiger charge is 2.42. The summed E-state index contributed by atoms with van der Waals surface area (Å²) in [6.07, 6.45) is 4.04. The number of carbonyl (C=O) groups excluding carboxylic acids is 3. The Balaban J connectivity index is 2.23. The summed E-state index contributed by atoms with van der Waals surface area (Å²) < 4.78 is 0. The molecule has 0 spiro atoms. The van der Waals surface area contributed by atoms with Gasteiger partial charge in [-0.3, -0.25) is 14.4 Å². The quantitative estimate of drug-likeness (QED) is 0.508. The third-order valence-electron chi connectivity index (χ3n) is 6.28. The molecule has 0 bridgehead atoms. The van der Waals surface area contributed by atoms with Gasteiger partial charge in [0.15, 0.2) is 0 Å². The number of piperidine rings is 1. The number of ketones is 1. The van der Waals surface area contributed by atoms with Crippen LogP contribution < -0.4 is 0 Å². The predicted octanol–water partition coefficient (Wildman–Crippen LogP) is 4.64. The first-order valence-corrected chi connectivity index (χ1v) is 10.8. The average Bonchev–Trinajstić information content (AvgIpc) is 2.71. The first-order chi connectivity index (χ1) is 13.2. The monoisotopic (exact) mass is 403 g/mol. The molecule has 1 fully saturated rings. The van der Waals surface area contributed by atoms with Crippen molar-refractivity contribution in [2.75, 3.05) is 6.54 Å². The molecule has 0 aromatic heterocycles. The summed E-state index contributed by atoms with van der Waals surface area (Å²) in [5.41, 5.74) is 0.565. The highest BCUT2D eigenvalue weighted by atomic mass is 32.1. The molecule has 3 unspecified atom stereocenters. The molecular weight excluding hydrogens is 370 g/mol. The first-order valence-electron chi connectivity index (χ1n) is 10.4. The van der Waals surface area contributed by atoms with Gasteiger partial charge in [0.1, 0.15) is 6.04 Å². The third-order valence-corrected chi connectivity index (χ3v) is 6.58. The van der Waals surface area contributed by atoms with Gasteiger partial charge in [-0.25, -0.2) is 0 Å². The van der Waals surface area contributed by atoms with Crippen molar-refractivity contribution >= 4 is 29.4 Å². The molecule has 0 saturated carbocycles. The van der Waals surface area contributed by atoms with Crippen molar-refractivity contribution in [3.63, 3.8) is 0 Å². The van der Waals surface area contributed by atoms with Gasteiger partial charge in [0.25, 0.3) is 5.91 Å². The molecule has 3 atom stereocenters. The maximum Gasteiger partial charge on any atom is 0.291 e. The Kier molecular flexibility index (Phi) is 7.87. The van der Waals surface area contributed by atoms with Crippen molar-refractivity contribution in [2.24, 2.45) is 11.3 Å². The molecule has 1 aliphatic rings. The maximum atomic E-state index is 12.9. The molecule has 2 rings (SSSR count). The summed E-state index contributed by atoms with van der Waals surface area (Å²) in [6.45, 7) is 8.06. The Hall–Kier alpha value is -1.62. The summed E-state index contributed by atoms with van der Waals surface area (Å²) in [7, 11) is 0. The van der Waals surface area contributed by atoms with Crippen LogP contribution in [0.25, 0.3) is 0 Å². The Morgan fingerprint density at radius 3 is 2.36 bits per heavy atom. The minimum atomic E-state index is -0.715. The molecule has 28 heavy (non-hydrogen) atoms. The zero-order chi connectivity index (χ0) is 20.9. The van der Waals surface area contributed by atoms with Crippen LogP contribution in [0.5, 0.6) is 0 Å². The number of likely N-dealkylation sites (tertiary alicyclic amines) is 1. The zero-order valence-electron chi connectivity index (χ0n) is 17.5. The largest absolute Gasteiger partial charge is 0.325 e. The van der Waals surface area contributed by atoms with E-state index in [1.54, 1.807) is 13.8 Å². The second-order valence-electron chi connectivity index (χ2n) is 8.51. The summed E-state index contributed by atoms with van der Waals surface area (Å²) in [5.74, 6) is -0.311. The van der Waals surface area contributed by atoms with Crippen molar-refractivity contribution in [1.82, 2.24) is 4.90 Å². The van der Waals surface area contributed by atoms with Gasteiger partial charge in [-0.15, -0.1) is 12.6 Å². The van der Waals surface area contributed by atoms with Crippen molar-refractivity contribution < 1.29 is 14.4 Å². The number of rotatable bonds is 8. The van der Waals surface area contributed by atoms with Crippen molar-refractivity contribution in [3.8, 4) is 0 Å². The lowest BCUT2D eigenvalue weighted by Gasteiger charge is -2.41. The minimum absolute atomic E-state index is 0.293. The average molecular weight is 404 g/mol. The van der Waals surface area contributed by atoms with Gasteiger partial charge in [0.2, 0.25) is 10.9 Å². The van der Waals surface area contributed by atoms with Crippen molar-refractivity contribution in [2.45, 2.75) is 71.8 Å². The van der Waals surface area contributed by atoms with Crippen LogP contribution in [0.15, 0.2) is 30.3 Å². The van der Waals surface area contributed by atoms with Gasteiger partial charge in [-0.2, -0.15) is 0 Å². The van der Waals surface area contributed by atoms with Crippen LogP contribution in [0.2, 0.25) is 0 Å². The Morgan fingerprint density at radius 2 is 1.82 bits per heavy atom. The number of thiol groups is 1. The molecule has 5 heteroatoms. The first kappa shape index (κ1) is 22.7. The molecule has 0 radical (unpaired) electrons. The van der Waals surface area contributed by atoms with Crippen LogP contribution >= 0.6 is 12.6 Å². The van der Waals surface area contributed by atoms with E-state index in [2.05, 4.69) is 31.7 Å². The molecule has 0 N–H and O–H groups in total. The van der Waals surface area contributed by atoms with Crippen molar-refractivity contribution in [3.05, 3.63) is 35.9 Å². The summed E-state index contributed by atoms with van der Waals surface area (Å²) in [5, 5.41) is -0.330. The maximum absolute atomic E-state index is 12.9. The van der Waals surface area contributed by atoms with Crippen LogP contribution in [-0.2, 0) is 14.4 Å². The zero-order valence-corrected chi connectivity index (χ0v) is 18.4. The number of hydrogen-bond donors (Lipinski definition) is 1. The number of benzene rings is 1. The molecule has 1 aliphatic heterocycles. The molecule has 0 aliphatic carbocycles. The standard InChI is InChI=1S/C23H33NO3S/c1-5-10-18(16-11-8-7-9-12-16)17-13-14-24(19(15-17)22(27)28)21(26)20(25)23(3,4)6-2/h7-9,11-12,17-19H,5-6,10,13-15H2,1-4H3,(H,27,28). The lowest BCUT2D eigenvalue weighted by Crippen LogP contribution is -2.53. The van der Waals surface area contributed by atoms with E-state index in [9.17, 15) is 14.4 Å². The Labute approximate surface area is 174 Å². The second-order valence-corrected chi connectivity index (χ2v) is 8.95. The van der Waals surface area contributed by atoms with E-state index in [0.29, 0.717) is 31.2 Å². The fourth-order valence-corrected chi connectivity index (χ4v) is 4.35. The van der Waals surface area contributed by atoms with Gasteiger partial charge in [-0.05, 0) is 43.1 Å². The predicted molar refractivity (Wildman–Crippen MR) is 115 cm³/mol. The smallest absolute Gasteiger partial charge is 0.291 e. The normalized spacial score (nSPS) is 21.2. The lowest BCUT2D eigenvalue weighted by atomic mass is 9.75. The molecule has 1 heterocycles. The van der Waals surface area contributed by atoms with Gasteiger partial charge in [0, 0.05) is 12.0 Å². The minimum Gasteiger partial charge on any atom is -0.325 e. The van der Waals surface area contributed by atoms with Gasteiger partial charge in [0.05, 0.1) is 0 Å². The summed E-state index contributed by atoms with van der Waals surface area (Å²) >= 11 is 4.06. The Morgan fingerprint density at radius 1 is 1.18 bits per heavy atom. The lowest BCUT2D eigenvalue weighted by molar-refractivity contribution is -0.153. The van der Waals surface area contributed by atoms with Gasteiger partial charge >= 0.3 is 0 Å². The number of carbonyl (C=O) groups is 3. The van der Waals surface area contributed by atoms with E-state index in [-0.39, 0.29) is 5.12 Å². The number of hydrogen-bond acceptors (Lipinski definition) is 3. The highest BCUT2D eigenvalue weighted by molar-refractivity contribution is 7.96. The number of amides is 1. The fourth-order valence-electron chi connectivity index (χ4n) is 4.10. The van der Waals surface area contributed by atoms with Crippen LogP contribution in [0.3, 0.4) is 0 Å². The van der Waals surface area contributed by atoms with E-state index < -0.39 is 23.1 Å². The number of nitrogens with zero attached hydrogens (tertiary/aromatic N) is 1. The Bertz CT molecular complexity index is 701. The molecular formula is C23H33NO3S. The molecule has 1 amide bonds. The second kappa shape index (κ2) is 9.73. The molecule has 1 saturated heterocycles. The third kappa shape index (κ3) is 5.05. The topological polar surface area (TPSA) is 54.5 Å². The van der Waals surface area contributed by atoms with E-state index in [1.807, 2.05) is 25.1 Å². The summed E-state index contributed by atoms with van der Waals surface area (Å²) in [6, 6.07) is 9.75. The molecule has 154 valence electrons. The van der Waals surface area contributed by atoms with Crippen LogP contribution in [0.1, 0.15) is 71.3 Å². The fraction of sp³-hybridized carbons (Fsp3) is 0.609. The van der Waals surface area contributed by atoms with Gasteiger partial charge in [-0.1, -0.05) is 64.4 Å². The highest BCUT2D eigenvalue weighted by Crippen LogP contribution is 2.39. The van der Waals surface area contributed by atoms with E-state index >= 15 is 0 Å². The van der Waals surface area contributed by atoms with E-state index in [1.165, 1.54) is 10.5 Å². The number of Topliss-reactive ketones (excluding diaryl/α,β-unsaturated/α-hetero) is 1. The summed E-state index contributed by atoms with van der Waals surface area (Å²) in [4.78, 5) is 39.3. The SMILES string of the molecule is CCCC(c1ccccc1)C1CCN(C(=O)C(=O)C(C)(C)CC)C(C(=O)S)C1. The van der Waals surface area contributed by atoms with Gasteiger partial charge < -0.3 is 4.90 Å². The molecule has 1 aromatic carbocycles. The van der Waals surface area contributed by atoms with Crippen molar-refractivity contribution in [1.29, 1.82) is 0 Å². The van der Waals surface area contributed by atoms with Crippen LogP contribution in [0, 0.1) is 11.3 Å². The van der Waals surface area contributed by atoms with E-state index in [4.69, 9.17) is 0 Å². The van der Waals surface area contributed by atoms with E-state index in [0.717, 1.165) is 19.3 Å². The van der Waals surface area contributed by atoms with Crippen LogP contribution in [-0.4, -0.2) is 34.3 Å².